The molecule has 12 heteroatoms. The Morgan fingerprint density at radius 1 is 0.465 bits per heavy atom. The number of unbranched alkanes of at least 4 members (excludes halogenated alkanes) is 29. The van der Waals surface area contributed by atoms with Gasteiger partial charge in [-0.25, -0.2) is 4.79 Å². The zero-order valence-corrected chi connectivity index (χ0v) is 45.2. The molecule has 71 heavy (non-hydrogen) atoms. The molecule has 6 atom stereocenters. The maximum Gasteiger partial charge on any atom is 0.335 e. The second kappa shape index (κ2) is 47.9. The van der Waals surface area contributed by atoms with Gasteiger partial charge in [-0.05, 0) is 70.6 Å². The van der Waals surface area contributed by atoms with Gasteiger partial charge in [0, 0.05) is 19.3 Å². The normalized spacial score (nSPS) is 18.7. The Kier molecular flexibility index (Phi) is 44.5. The molecule has 12 nitrogen and oxygen atoms in total. The van der Waals surface area contributed by atoms with Crippen LogP contribution in [0.25, 0.3) is 0 Å². The molecule has 0 spiro atoms. The Morgan fingerprint density at radius 3 is 1.34 bits per heavy atom. The Morgan fingerprint density at radius 2 is 0.873 bits per heavy atom. The molecule has 1 aliphatic rings. The average molecular weight is 1010 g/mol. The maximum atomic E-state index is 13.1. The van der Waals surface area contributed by atoms with Crippen LogP contribution < -0.4 is 0 Å². The quantitative estimate of drug-likeness (QED) is 0.0228. The van der Waals surface area contributed by atoms with Crippen LogP contribution in [0, 0.1) is 0 Å². The zero-order valence-electron chi connectivity index (χ0n) is 45.2. The topological polar surface area (TPSA) is 175 Å². The van der Waals surface area contributed by atoms with E-state index < -0.39 is 67.3 Å². The molecule has 0 amide bonds. The minimum Gasteiger partial charge on any atom is -0.479 e. The van der Waals surface area contributed by atoms with Gasteiger partial charge in [0.05, 0.1) is 6.61 Å². The smallest absolute Gasteiger partial charge is 0.335 e. The van der Waals surface area contributed by atoms with Crippen molar-refractivity contribution in [2.75, 3.05) is 13.2 Å². The van der Waals surface area contributed by atoms with Crippen LogP contribution in [0.5, 0.6) is 0 Å². The van der Waals surface area contributed by atoms with Crippen molar-refractivity contribution in [3.05, 3.63) is 36.5 Å². The predicted molar refractivity (Wildman–Crippen MR) is 285 cm³/mol. The van der Waals surface area contributed by atoms with Gasteiger partial charge in [0.25, 0.3) is 0 Å². The highest BCUT2D eigenvalue weighted by atomic mass is 16.7. The standard InChI is InChI=1S/C59H104O12/c1-4-7-10-13-16-19-22-25-26-29-32-35-38-41-44-47-53(62)70-57-55(64)54(63)56(58(65)66)71-59(57)68-49-50(69-52(61)46-43-40-37-34-31-28-24-21-18-15-12-9-6-3)48-67-51(60)45-42-39-36-33-30-27-23-20-17-14-11-8-5-2/h11,14,20,23,25-26,50,54-57,59,63-64H,4-10,12-13,15-19,21-22,24,27-49H2,1-3H3,(H,65,66)/b14-11-,23-20-,26-25-. The highest BCUT2D eigenvalue weighted by molar-refractivity contribution is 5.74. The number of carbonyl (C=O) groups is 4. The summed E-state index contributed by atoms with van der Waals surface area (Å²) in [5, 5.41) is 31.4. The lowest BCUT2D eigenvalue weighted by Crippen LogP contribution is -2.61. The molecule has 0 aliphatic carbocycles. The maximum absolute atomic E-state index is 13.1. The Labute approximate surface area is 431 Å². The number of rotatable bonds is 49. The molecular formula is C59H104O12. The lowest BCUT2D eigenvalue weighted by molar-refractivity contribution is -0.301. The summed E-state index contributed by atoms with van der Waals surface area (Å²) in [7, 11) is 0. The number of aliphatic hydroxyl groups excluding tert-OH is 2. The number of hydrogen-bond acceptors (Lipinski definition) is 11. The SMILES string of the molecule is CCC/C=C\C/C=C\CCCCCCCC(=O)OCC(COC1OC(C(=O)O)C(O)C(O)C1OC(=O)CCCCCCC/C=C\CCCCCCCC)OC(=O)CCCCCCCCCCCCCCC. The molecule has 3 N–H and O–H groups in total. The van der Waals surface area contributed by atoms with Crippen molar-refractivity contribution in [3.8, 4) is 0 Å². The van der Waals surface area contributed by atoms with Gasteiger partial charge in [-0.2, -0.15) is 0 Å². The van der Waals surface area contributed by atoms with Gasteiger partial charge < -0.3 is 39.0 Å². The van der Waals surface area contributed by atoms with Crippen molar-refractivity contribution in [3.63, 3.8) is 0 Å². The Bertz CT molecular complexity index is 1380. The number of allylic oxidation sites excluding steroid dienone is 6. The fourth-order valence-corrected chi connectivity index (χ4v) is 8.69. The molecule has 0 saturated carbocycles. The van der Waals surface area contributed by atoms with E-state index in [-0.39, 0.29) is 25.9 Å². The van der Waals surface area contributed by atoms with Gasteiger partial charge >= 0.3 is 23.9 Å². The summed E-state index contributed by atoms with van der Waals surface area (Å²) in [5.41, 5.74) is 0. The highest BCUT2D eigenvalue weighted by Gasteiger charge is 2.50. The second-order valence-corrected chi connectivity index (χ2v) is 19.9. The summed E-state index contributed by atoms with van der Waals surface area (Å²) in [6.07, 6.45) is 42.6. The van der Waals surface area contributed by atoms with E-state index >= 15 is 0 Å². The van der Waals surface area contributed by atoms with Crippen LogP contribution in [0.15, 0.2) is 36.5 Å². The molecule has 1 saturated heterocycles. The van der Waals surface area contributed by atoms with Crippen molar-refractivity contribution in [2.45, 2.75) is 302 Å². The van der Waals surface area contributed by atoms with E-state index in [1.54, 1.807) is 0 Å². The molecule has 0 aromatic rings. The van der Waals surface area contributed by atoms with Crippen LogP contribution in [0.1, 0.15) is 265 Å². The largest absolute Gasteiger partial charge is 0.479 e. The molecular weight excluding hydrogens is 901 g/mol. The number of hydrogen-bond donors (Lipinski definition) is 3. The van der Waals surface area contributed by atoms with Gasteiger partial charge in [0.2, 0.25) is 0 Å². The second-order valence-electron chi connectivity index (χ2n) is 19.9. The average Bonchev–Trinajstić information content (AvgIpc) is 3.35. The van der Waals surface area contributed by atoms with E-state index in [4.69, 9.17) is 23.7 Å². The summed E-state index contributed by atoms with van der Waals surface area (Å²) in [6.45, 7) is 5.91. The van der Waals surface area contributed by atoms with Crippen molar-refractivity contribution in [1.82, 2.24) is 0 Å². The summed E-state index contributed by atoms with van der Waals surface area (Å²) in [5.74, 6) is -3.13. The van der Waals surface area contributed by atoms with Gasteiger partial charge in [0.15, 0.2) is 24.6 Å². The molecule has 0 bridgehead atoms. The third-order valence-electron chi connectivity index (χ3n) is 13.2. The van der Waals surface area contributed by atoms with Crippen molar-refractivity contribution < 1.29 is 58.2 Å². The van der Waals surface area contributed by atoms with Gasteiger partial charge in [-0.1, -0.05) is 211 Å². The van der Waals surface area contributed by atoms with E-state index in [9.17, 15) is 34.5 Å². The number of ether oxygens (including phenoxy) is 5. The first-order valence-electron chi connectivity index (χ1n) is 29.0. The minimum absolute atomic E-state index is 0.0521. The van der Waals surface area contributed by atoms with Crippen LogP contribution in [-0.2, 0) is 42.9 Å². The molecule has 0 aromatic heterocycles. The van der Waals surface area contributed by atoms with Crippen molar-refractivity contribution >= 4 is 23.9 Å². The van der Waals surface area contributed by atoms with Crippen LogP contribution in [0.2, 0.25) is 0 Å². The lowest BCUT2D eigenvalue weighted by Gasteiger charge is -2.40. The molecule has 0 aromatic carbocycles. The summed E-state index contributed by atoms with van der Waals surface area (Å²) in [4.78, 5) is 51.0. The predicted octanol–water partition coefficient (Wildman–Crippen LogP) is 14.5. The van der Waals surface area contributed by atoms with Crippen LogP contribution in [-0.4, -0.2) is 89.2 Å². The van der Waals surface area contributed by atoms with E-state index in [1.807, 2.05) is 0 Å². The first kappa shape index (κ1) is 66.0. The minimum atomic E-state index is -1.90. The van der Waals surface area contributed by atoms with E-state index in [1.165, 1.54) is 96.3 Å². The van der Waals surface area contributed by atoms with E-state index in [2.05, 4.69) is 57.2 Å². The van der Waals surface area contributed by atoms with Crippen LogP contribution >= 0.6 is 0 Å². The number of carboxylic acids is 1. The fraction of sp³-hybridized carbons (Fsp3) is 0.831. The monoisotopic (exact) mass is 1000 g/mol. The first-order valence-corrected chi connectivity index (χ1v) is 29.0. The number of carbonyl (C=O) groups excluding carboxylic acids is 3. The lowest BCUT2D eigenvalue weighted by atomic mass is 9.98. The van der Waals surface area contributed by atoms with Crippen molar-refractivity contribution in [1.29, 1.82) is 0 Å². The molecule has 1 rings (SSSR count). The highest BCUT2D eigenvalue weighted by Crippen LogP contribution is 2.26. The van der Waals surface area contributed by atoms with E-state index in [0.717, 1.165) is 109 Å². The first-order chi connectivity index (χ1) is 34.6. The molecule has 6 unspecified atom stereocenters. The van der Waals surface area contributed by atoms with Gasteiger partial charge in [-0.15, -0.1) is 0 Å². The molecule has 412 valence electrons. The van der Waals surface area contributed by atoms with Crippen molar-refractivity contribution in [2.24, 2.45) is 0 Å². The number of aliphatic hydroxyl groups is 2. The van der Waals surface area contributed by atoms with Crippen LogP contribution in [0.3, 0.4) is 0 Å². The molecule has 1 heterocycles. The van der Waals surface area contributed by atoms with Gasteiger partial charge in [-0.3, -0.25) is 14.4 Å². The molecule has 1 fully saturated rings. The third-order valence-corrected chi connectivity index (χ3v) is 13.2. The number of aliphatic carboxylic acids is 1. The zero-order chi connectivity index (χ0) is 51.8. The number of esters is 3. The molecule has 0 radical (unpaired) electrons. The Balaban J connectivity index is 2.70. The van der Waals surface area contributed by atoms with Gasteiger partial charge in [0.1, 0.15) is 18.8 Å². The fourth-order valence-electron chi connectivity index (χ4n) is 8.69. The summed E-state index contributed by atoms with van der Waals surface area (Å²) >= 11 is 0. The summed E-state index contributed by atoms with van der Waals surface area (Å²) < 4.78 is 28.4. The van der Waals surface area contributed by atoms with E-state index in [0.29, 0.717) is 19.3 Å². The van der Waals surface area contributed by atoms with Crippen LogP contribution in [0.4, 0.5) is 0 Å². The Hall–Kier alpha value is -3.06. The third kappa shape index (κ3) is 38.2. The molecule has 1 aliphatic heterocycles. The number of carboxylic acid groups (broad SMARTS) is 1. The summed E-state index contributed by atoms with van der Waals surface area (Å²) in [6, 6.07) is 0.